The molecule has 1 aliphatic rings. The molecule has 150 valence electrons. The summed E-state index contributed by atoms with van der Waals surface area (Å²) in [6.45, 7) is 3.98. The largest absolute Gasteiger partial charge is 0.481 e. The number of rotatable bonds is 7. The summed E-state index contributed by atoms with van der Waals surface area (Å²) in [5.41, 5.74) is 2.43. The molecule has 0 radical (unpaired) electrons. The Bertz CT molecular complexity index is 799. The number of carbonyl (C=O) groups is 1. The average molecular weight is 384 g/mol. The topological polar surface area (TPSA) is 52.1 Å². The van der Waals surface area contributed by atoms with Gasteiger partial charge in [0.1, 0.15) is 0 Å². The SMILES string of the molecule is CCC(CC(=O)c1ccc(OC)nc1)C1CCC(c2ccnc(F)c2C)CC1. The molecule has 0 spiro atoms. The molecule has 0 bridgehead atoms. The monoisotopic (exact) mass is 384 g/mol. The van der Waals surface area contributed by atoms with E-state index in [0.717, 1.165) is 37.7 Å². The maximum absolute atomic E-state index is 13.8. The maximum Gasteiger partial charge on any atom is 0.216 e. The number of halogens is 1. The van der Waals surface area contributed by atoms with Crippen molar-refractivity contribution in [3.8, 4) is 5.88 Å². The van der Waals surface area contributed by atoms with Crippen molar-refractivity contribution in [2.45, 2.75) is 58.3 Å². The molecule has 28 heavy (non-hydrogen) atoms. The standard InChI is InChI=1S/C23H29FN2O2/c1-4-16(13-21(27)19-9-10-22(28-3)26-14-19)17-5-7-18(8-6-17)20-11-12-25-23(24)15(20)2/h9-12,14,16-18H,4-8,13H2,1-3H3. The first kappa shape index (κ1) is 20.4. The summed E-state index contributed by atoms with van der Waals surface area (Å²) in [5.74, 6) is 1.63. The van der Waals surface area contributed by atoms with Crippen LogP contribution >= 0.6 is 0 Å². The fraction of sp³-hybridized carbons (Fsp3) is 0.522. The van der Waals surface area contributed by atoms with Crippen molar-refractivity contribution in [3.05, 3.63) is 53.2 Å². The van der Waals surface area contributed by atoms with Gasteiger partial charge in [-0.1, -0.05) is 13.3 Å². The van der Waals surface area contributed by atoms with Crippen LogP contribution in [0, 0.1) is 24.7 Å². The van der Waals surface area contributed by atoms with Gasteiger partial charge < -0.3 is 4.74 Å². The molecule has 1 fully saturated rings. The highest BCUT2D eigenvalue weighted by Crippen LogP contribution is 2.41. The highest BCUT2D eigenvalue weighted by atomic mass is 19.1. The molecule has 0 amide bonds. The Morgan fingerprint density at radius 1 is 1.21 bits per heavy atom. The van der Waals surface area contributed by atoms with Crippen molar-refractivity contribution in [1.29, 1.82) is 0 Å². The van der Waals surface area contributed by atoms with Crippen molar-refractivity contribution in [1.82, 2.24) is 9.97 Å². The van der Waals surface area contributed by atoms with Crippen LogP contribution in [-0.2, 0) is 0 Å². The third-order valence-electron chi connectivity index (χ3n) is 6.30. The Balaban J connectivity index is 1.60. The molecular weight excluding hydrogens is 355 g/mol. The molecule has 2 aromatic heterocycles. The van der Waals surface area contributed by atoms with Crippen LogP contribution in [0.4, 0.5) is 4.39 Å². The van der Waals surface area contributed by atoms with Gasteiger partial charge in [0.25, 0.3) is 0 Å². The Morgan fingerprint density at radius 3 is 2.57 bits per heavy atom. The molecule has 0 aromatic carbocycles. The van der Waals surface area contributed by atoms with Crippen LogP contribution in [0.3, 0.4) is 0 Å². The van der Waals surface area contributed by atoms with Crippen molar-refractivity contribution in [2.75, 3.05) is 7.11 Å². The van der Waals surface area contributed by atoms with Gasteiger partial charge in [0.15, 0.2) is 5.78 Å². The number of ether oxygens (including phenoxy) is 1. The van der Waals surface area contributed by atoms with E-state index in [4.69, 9.17) is 4.74 Å². The van der Waals surface area contributed by atoms with Crippen LogP contribution in [0.5, 0.6) is 5.88 Å². The van der Waals surface area contributed by atoms with E-state index in [1.165, 1.54) is 0 Å². The van der Waals surface area contributed by atoms with Gasteiger partial charge in [-0.3, -0.25) is 4.79 Å². The van der Waals surface area contributed by atoms with Crippen LogP contribution in [-0.4, -0.2) is 22.9 Å². The predicted octanol–water partition coefficient (Wildman–Crippen LogP) is 5.51. The minimum Gasteiger partial charge on any atom is -0.481 e. The van der Waals surface area contributed by atoms with Gasteiger partial charge in [-0.2, -0.15) is 4.39 Å². The summed E-state index contributed by atoms with van der Waals surface area (Å²) in [6, 6.07) is 5.48. The van der Waals surface area contributed by atoms with Gasteiger partial charge in [0, 0.05) is 36.0 Å². The summed E-state index contributed by atoms with van der Waals surface area (Å²) in [7, 11) is 1.56. The normalized spacial score (nSPS) is 20.6. The molecule has 0 saturated heterocycles. The average Bonchev–Trinajstić information content (AvgIpc) is 2.74. The van der Waals surface area contributed by atoms with E-state index in [1.807, 2.05) is 13.0 Å². The van der Waals surface area contributed by atoms with Crippen molar-refractivity contribution in [2.24, 2.45) is 11.8 Å². The molecule has 1 aliphatic carbocycles. The predicted molar refractivity (Wildman–Crippen MR) is 107 cm³/mol. The van der Waals surface area contributed by atoms with Crippen LogP contribution in [0.2, 0.25) is 0 Å². The second kappa shape index (κ2) is 9.26. The van der Waals surface area contributed by atoms with Gasteiger partial charge >= 0.3 is 0 Å². The third-order valence-corrected chi connectivity index (χ3v) is 6.30. The van der Waals surface area contributed by atoms with Gasteiger partial charge in [-0.05, 0) is 68.1 Å². The summed E-state index contributed by atoms with van der Waals surface area (Å²) < 4.78 is 18.8. The molecule has 2 aromatic rings. The van der Waals surface area contributed by atoms with E-state index in [2.05, 4.69) is 16.9 Å². The van der Waals surface area contributed by atoms with Crippen LogP contribution in [0.25, 0.3) is 0 Å². The highest BCUT2D eigenvalue weighted by molar-refractivity contribution is 5.95. The third kappa shape index (κ3) is 4.57. The van der Waals surface area contributed by atoms with Gasteiger partial charge in [0.2, 0.25) is 11.8 Å². The Kier molecular flexibility index (Phi) is 6.76. The lowest BCUT2D eigenvalue weighted by molar-refractivity contribution is 0.0925. The van der Waals surface area contributed by atoms with Gasteiger partial charge in [-0.25, -0.2) is 9.97 Å². The number of nitrogens with zero attached hydrogens (tertiary/aromatic N) is 2. The zero-order valence-electron chi connectivity index (χ0n) is 17.0. The van der Waals surface area contributed by atoms with E-state index in [1.54, 1.807) is 31.6 Å². The van der Waals surface area contributed by atoms with E-state index in [0.29, 0.717) is 41.2 Å². The second-order valence-electron chi connectivity index (χ2n) is 7.81. The quantitative estimate of drug-likeness (QED) is 0.467. The number of aromatic nitrogens is 2. The van der Waals surface area contributed by atoms with Gasteiger partial charge in [-0.15, -0.1) is 0 Å². The number of carbonyl (C=O) groups excluding carboxylic acids is 1. The van der Waals surface area contributed by atoms with E-state index >= 15 is 0 Å². The molecular formula is C23H29FN2O2. The Labute approximate surface area is 166 Å². The summed E-state index contributed by atoms with van der Waals surface area (Å²) in [5, 5.41) is 0. The first-order valence-corrected chi connectivity index (χ1v) is 10.2. The van der Waals surface area contributed by atoms with Gasteiger partial charge in [0.05, 0.1) is 7.11 Å². The number of methoxy groups -OCH3 is 1. The Hall–Kier alpha value is -2.30. The Morgan fingerprint density at radius 2 is 1.96 bits per heavy atom. The summed E-state index contributed by atoms with van der Waals surface area (Å²) in [4.78, 5) is 20.6. The molecule has 1 unspecified atom stereocenters. The summed E-state index contributed by atoms with van der Waals surface area (Å²) in [6.07, 6.45) is 8.98. The smallest absolute Gasteiger partial charge is 0.216 e. The first-order valence-electron chi connectivity index (χ1n) is 10.2. The summed E-state index contributed by atoms with van der Waals surface area (Å²) >= 11 is 0. The highest BCUT2D eigenvalue weighted by Gasteiger charge is 2.30. The zero-order chi connectivity index (χ0) is 20.1. The second-order valence-corrected chi connectivity index (χ2v) is 7.81. The minimum absolute atomic E-state index is 0.149. The van der Waals surface area contributed by atoms with E-state index in [9.17, 15) is 9.18 Å². The maximum atomic E-state index is 13.8. The van der Waals surface area contributed by atoms with Crippen LogP contribution in [0.1, 0.15) is 72.9 Å². The van der Waals surface area contributed by atoms with E-state index < -0.39 is 0 Å². The molecule has 0 aliphatic heterocycles. The number of ketones is 1. The number of Topliss-reactive ketones (excluding diaryl/α,β-unsaturated/α-hetero) is 1. The van der Waals surface area contributed by atoms with Crippen molar-refractivity contribution < 1.29 is 13.9 Å². The number of pyridine rings is 2. The van der Waals surface area contributed by atoms with Crippen molar-refractivity contribution >= 4 is 5.78 Å². The molecule has 5 heteroatoms. The molecule has 1 saturated carbocycles. The lowest BCUT2D eigenvalue weighted by Gasteiger charge is -2.34. The lowest BCUT2D eigenvalue weighted by atomic mass is 9.71. The molecule has 2 heterocycles. The minimum atomic E-state index is -0.357. The molecule has 0 N–H and O–H groups in total. The fourth-order valence-electron chi connectivity index (χ4n) is 4.53. The number of hydrogen-bond acceptors (Lipinski definition) is 4. The first-order chi connectivity index (χ1) is 13.5. The molecule has 3 rings (SSSR count). The molecule has 4 nitrogen and oxygen atoms in total. The fourth-order valence-corrected chi connectivity index (χ4v) is 4.53. The lowest BCUT2D eigenvalue weighted by Crippen LogP contribution is -2.23. The number of hydrogen-bond donors (Lipinski definition) is 0. The zero-order valence-corrected chi connectivity index (χ0v) is 17.0. The van der Waals surface area contributed by atoms with Crippen LogP contribution < -0.4 is 4.74 Å². The molecule has 1 atom stereocenters. The van der Waals surface area contributed by atoms with Crippen molar-refractivity contribution in [3.63, 3.8) is 0 Å². The van der Waals surface area contributed by atoms with E-state index in [-0.39, 0.29) is 11.7 Å². The van der Waals surface area contributed by atoms with Crippen LogP contribution in [0.15, 0.2) is 30.6 Å².